The maximum Gasteiger partial charge on any atom is 0.310 e. The van der Waals surface area contributed by atoms with E-state index < -0.39 is 60.0 Å². The molecule has 9 heteroatoms. The number of likely N-dealkylation sites (tertiary alicyclic amines) is 1. The van der Waals surface area contributed by atoms with Crippen LogP contribution >= 0.6 is 11.6 Å². The molecule has 3 aliphatic heterocycles. The molecule has 2 bridgehead atoms. The summed E-state index contributed by atoms with van der Waals surface area (Å²) in [4.78, 5) is 43.6. The van der Waals surface area contributed by atoms with E-state index in [0.29, 0.717) is 30.0 Å². The number of nitrogens with zero attached hydrogens (tertiary/aromatic N) is 2. The number of hydrogen-bond acceptors (Lipinski definition) is 5. The fraction of sp³-hybridized carbons (Fsp3) is 0.393. The molecule has 3 saturated heterocycles. The van der Waals surface area contributed by atoms with Crippen molar-refractivity contribution in [1.29, 1.82) is 0 Å². The van der Waals surface area contributed by atoms with E-state index in [1.165, 1.54) is 9.80 Å². The summed E-state index contributed by atoms with van der Waals surface area (Å²) in [5.74, 6) is -4.02. The lowest BCUT2D eigenvalue weighted by Crippen LogP contribution is -2.59. The molecule has 2 N–H and O–H groups in total. The molecule has 2 aromatic carbocycles. The molecule has 37 heavy (non-hydrogen) atoms. The van der Waals surface area contributed by atoms with Gasteiger partial charge < -0.3 is 24.7 Å². The number of rotatable bonds is 9. The molecule has 3 heterocycles. The van der Waals surface area contributed by atoms with Crippen LogP contribution in [0.4, 0.5) is 5.69 Å². The van der Waals surface area contributed by atoms with E-state index in [0.717, 1.165) is 5.56 Å². The highest BCUT2D eigenvalue weighted by Crippen LogP contribution is 2.59. The highest BCUT2D eigenvalue weighted by molar-refractivity contribution is 6.30. The van der Waals surface area contributed by atoms with Crippen LogP contribution in [-0.4, -0.2) is 69.8 Å². The van der Waals surface area contributed by atoms with Gasteiger partial charge in [-0.05, 0) is 49.1 Å². The van der Waals surface area contributed by atoms with Gasteiger partial charge in [-0.15, -0.1) is 6.58 Å². The summed E-state index contributed by atoms with van der Waals surface area (Å²) in [6.07, 6.45) is 2.09. The Morgan fingerprint density at radius 2 is 1.92 bits per heavy atom. The summed E-state index contributed by atoms with van der Waals surface area (Å²) in [6.45, 7) is 3.56. The molecule has 1 spiro atoms. The van der Waals surface area contributed by atoms with E-state index in [1.807, 2.05) is 30.3 Å². The normalized spacial score (nSPS) is 28.7. The second-order valence-corrected chi connectivity index (χ2v) is 10.3. The maximum atomic E-state index is 14.4. The minimum absolute atomic E-state index is 0.161. The first-order valence-corrected chi connectivity index (χ1v) is 12.8. The number of carboxylic acids is 1. The number of aliphatic hydroxyl groups is 1. The number of amides is 2. The Balaban J connectivity index is 1.60. The summed E-state index contributed by atoms with van der Waals surface area (Å²) in [5.41, 5.74) is 0.168. The molecule has 2 aromatic rings. The number of carbonyl (C=O) groups is 3. The number of aliphatic carboxylic acids is 1. The van der Waals surface area contributed by atoms with E-state index in [-0.39, 0.29) is 6.54 Å². The largest absolute Gasteiger partial charge is 0.481 e. The second-order valence-electron chi connectivity index (χ2n) is 9.88. The Morgan fingerprint density at radius 3 is 2.54 bits per heavy atom. The average Bonchev–Trinajstić information content (AvgIpc) is 3.54. The van der Waals surface area contributed by atoms with Crippen molar-refractivity contribution in [2.45, 2.75) is 43.1 Å². The van der Waals surface area contributed by atoms with E-state index in [2.05, 4.69) is 6.58 Å². The zero-order chi connectivity index (χ0) is 26.3. The molecule has 0 aliphatic carbocycles. The van der Waals surface area contributed by atoms with Crippen LogP contribution in [0.25, 0.3) is 0 Å². The Hall–Kier alpha value is -3.20. The maximum absolute atomic E-state index is 14.4. The van der Waals surface area contributed by atoms with Crippen molar-refractivity contribution in [2.24, 2.45) is 11.8 Å². The molecule has 0 unspecified atom stereocenters. The molecule has 194 valence electrons. The van der Waals surface area contributed by atoms with Gasteiger partial charge in [0.05, 0.1) is 30.6 Å². The first-order valence-electron chi connectivity index (χ1n) is 12.4. The van der Waals surface area contributed by atoms with Crippen LogP contribution in [0.1, 0.15) is 18.4 Å². The number of fused-ring (bicyclic) bond motifs is 1. The molecule has 0 radical (unpaired) electrons. The van der Waals surface area contributed by atoms with Gasteiger partial charge in [0.2, 0.25) is 5.91 Å². The number of anilines is 1. The molecule has 2 amide bonds. The van der Waals surface area contributed by atoms with Gasteiger partial charge >= 0.3 is 5.97 Å². The van der Waals surface area contributed by atoms with Gasteiger partial charge in [0.25, 0.3) is 5.91 Å². The molecule has 3 aliphatic rings. The van der Waals surface area contributed by atoms with Crippen LogP contribution in [0.2, 0.25) is 5.02 Å². The Kier molecular flexibility index (Phi) is 6.83. The summed E-state index contributed by atoms with van der Waals surface area (Å²) < 4.78 is 6.30. The lowest BCUT2D eigenvalue weighted by atomic mass is 9.70. The number of carbonyl (C=O) groups excluding carboxylic acids is 2. The smallest absolute Gasteiger partial charge is 0.310 e. The predicted octanol–water partition coefficient (Wildman–Crippen LogP) is 2.92. The molecule has 6 atom stereocenters. The van der Waals surface area contributed by atoms with Gasteiger partial charge in [-0.3, -0.25) is 14.4 Å². The lowest BCUT2D eigenvalue weighted by molar-refractivity contribution is -0.151. The molecule has 3 fully saturated rings. The zero-order valence-electron chi connectivity index (χ0n) is 20.2. The van der Waals surface area contributed by atoms with Crippen molar-refractivity contribution in [1.82, 2.24) is 4.90 Å². The van der Waals surface area contributed by atoms with E-state index >= 15 is 0 Å². The monoisotopic (exact) mass is 524 g/mol. The molecule has 8 nitrogen and oxygen atoms in total. The number of benzene rings is 2. The SMILES string of the molecule is C=CCN(C(=O)[C@H]1N([C@@H](CO)Cc2ccccc2)C(=O)[C@@H]2[C@@H](C(=O)O)[C@H]3CC[C@]21O3)c1ccc(Cl)cc1. The Labute approximate surface area is 220 Å². The summed E-state index contributed by atoms with van der Waals surface area (Å²) in [7, 11) is 0. The molecule has 0 aromatic heterocycles. The van der Waals surface area contributed by atoms with E-state index in [1.54, 1.807) is 30.3 Å². The first kappa shape index (κ1) is 25.4. The predicted molar refractivity (Wildman–Crippen MR) is 137 cm³/mol. The van der Waals surface area contributed by atoms with Gasteiger partial charge in [-0.2, -0.15) is 0 Å². The molecular weight excluding hydrogens is 496 g/mol. The van der Waals surface area contributed by atoms with Crippen molar-refractivity contribution in [3.63, 3.8) is 0 Å². The van der Waals surface area contributed by atoms with Crippen molar-refractivity contribution in [3.8, 4) is 0 Å². The highest BCUT2D eigenvalue weighted by atomic mass is 35.5. The lowest BCUT2D eigenvalue weighted by Gasteiger charge is -2.39. The fourth-order valence-corrected chi connectivity index (χ4v) is 6.53. The van der Waals surface area contributed by atoms with Gasteiger partial charge in [0, 0.05) is 17.3 Å². The van der Waals surface area contributed by atoms with E-state index in [4.69, 9.17) is 16.3 Å². The molecule has 0 saturated carbocycles. The van der Waals surface area contributed by atoms with Crippen LogP contribution in [0.15, 0.2) is 67.3 Å². The molecular formula is C28H29ClN2O6. The standard InChI is InChI=1S/C28H29ClN2O6/c1-2-14-30(19-10-8-18(29)9-11-19)26(34)24-28-13-12-21(37-28)22(27(35)36)23(28)25(33)31(24)20(16-32)15-17-6-4-3-5-7-17/h2-11,20-24,32H,1,12-16H2,(H,35,36)/t20-,21-,22+,23+,24-,28+/m1/s1. The second kappa shape index (κ2) is 9.93. The van der Waals surface area contributed by atoms with Gasteiger partial charge in [-0.25, -0.2) is 0 Å². The van der Waals surface area contributed by atoms with Crippen LogP contribution in [-0.2, 0) is 25.5 Å². The van der Waals surface area contributed by atoms with Crippen LogP contribution in [0.5, 0.6) is 0 Å². The third kappa shape index (κ3) is 4.13. The van der Waals surface area contributed by atoms with Gasteiger partial charge in [0.15, 0.2) is 0 Å². The average molecular weight is 525 g/mol. The Bertz CT molecular complexity index is 1200. The summed E-state index contributed by atoms with van der Waals surface area (Å²) in [5, 5.41) is 21.0. The molecule has 5 rings (SSSR count). The fourth-order valence-electron chi connectivity index (χ4n) is 6.40. The Morgan fingerprint density at radius 1 is 1.22 bits per heavy atom. The van der Waals surface area contributed by atoms with Crippen LogP contribution in [0.3, 0.4) is 0 Å². The summed E-state index contributed by atoms with van der Waals surface area (Å²) >= 11 is 6.07. The summed E-state index contributed by atoms with van der Waals surface area (Å²) in [6, 6.07) is 14.3. The number of ether oxygens (including phenoxy) is 1. The van der Waals surface area contributed by atoms with Crippen molar-refractivity contribution >= 4 is 35.1 Å². The van der Waals surface area contributed by atoms with Crippen molar-refractivity contribution in [3.05, 3.63) is 77.8 Å². The third-order valence-corrected chi connectivity index (χ3v) is 8.14. The van der Waals surface area contributed by atoms with Crippen LogP contribution < -0.4 is 4.90 Å². The highest BCUT2D eigenvalue weighted by Gasteiger charge is 2.75. The van der Waals surface area contributed by atoms with Gasteiger partial charge in [-0.1, -0.05) is 48.0 Å². The van der Waals surface area contributed by atoms with Crippen molar-refractivity contribution in [2.75, 3.05) is 18.1 Å². The topological polar surface area (TPSA) is 107 Å². The minimum Gasteiger partial charge on any atom is -0.481 e. The number of hydrogen-bond donors (Lipinski definition) is 2. The van der Waals surface area contributed by atoms with Gasteiger partial charge in [0.1, 0.15) is 11.6 Å². The first-order chi connectivity index (χ1) is 17.8. The third-order valence-electron chi connectivity index (χ3n) is 7.89. The number of carboxylic acid groups (broad SMARTS) is 1. The zero-order valence-corrected chi connectivity index (χ0v) is 21.0. The minimum atomic E-state index is -1.28. The number of aliphatic hydroxyl groups excluding tert-OH is 1. The van der Waals surface area contributed by atoms with Crippen LogP contribution in [0, 0.1) is 11.8 Å². The van der Waals surface area contributed by atoms with E-state index in [9.17, 15) is 24.6 Å². The quantitative estimate of drug-likeness (QED) is 0.488. The van der Waals surface area contributed by atoms with Crippen molar-refractivity contribution < 1.29 is 29.3 Å². The number of halogens is 1.